The van der Waals surface area contributed by atoms with E-state index in [1.165, 1.54) is 38.5 Å². The summed E-state index contributed by atoms with van der Waals surface area (Å²) in [5.74, 6) is -0.359. The van der Waals surface area contributed by atoms with E-state index in [1.807, 2.05) is 27.7 Å². The monoisotopic (exact) mass is 371 g/mol. The molecule has 1 amide bonds. The predicted molar refractivity (Wildman–Crippen MR) is 106 cm³/mol. The van der Waals surface area contributed by atoms with Crippen LogP contribution in [0.4, 0.5) is 4.79 Å². The van der Waals surface area contributed by atoms with Gasteiger partial charge in [-0.3, -0.25) is 0 Å². The van der Waals surface area contributed by atoms with Crippen molar-refractivity contribution in [2.75, 3.05) is 13.2 Å². The minimum atomic E-state index is -0.624. The van der Waals surface area contributed by atoms with E-state index in [9.17, 15) is 9.59 Å². The lowest BCUT2D eigenvalue weighted by Crippen LogP contribution is -2.42. The summed E-state index contributed by atoms with van der Waals surface area (Å²) >= 11 is 0. The molecule has 26 heavy (non-hydrogen) atoms. The average Bonchev–Trinajstić information content (AvgIpc) is 2.57. The van der Waals surface area contributed by atoms with Gasteiger partial charge in [0.2, 0.25) is 0 Å². The number of rotatable bonds is 14. The highest BCUT2D eigenvalue weighted by Gasteiger charge is 2.23. The normalized spacial score (nSPS) is 12.5. The summed E-state index contributed by atoms with van der Waals surface area (Å²) < 4.78 is 10.5. The molecule has 1 N–H and O–H groups in total. The summed E-state index contributed by atoms with van der Waals surface area (Å²) in [6.45, 7) is 10.9. The first kappa shape index (κ1) is 24.7. The number of nitrogens with one attached hydrogen (secondary N) is 1. The minimum Gasteiger partial charge on any atom is -0.464 e. The van der Waals surface area contributed by atoms with E-state index in [0.717, 1.165) is 19.3 Å². The molecular weight excluding hydrogens is 330 g/mol. The second kappa shape index (κ2) is 14.9. The number of amides is 1. The van der Waals surface area contributed by atoms with E-state index < -0.39 is 12.1 Å². The maximum Gasteiger partial charge on any atom is 0.407 e. The van der Waals surface area contributed by atoms with E-state index in [2.05, 4.69) is 12.2 Å². The van der Waals surface area contributed by atoms with Crippen molar-refractivity contribution in [3.05, 3.63) is 0 Å². The van der Waals surface area contributed by atoms with Crippen LogP contribution in [0, 0.1) is 5.41 Å². The zero-order chi connectivity index (χ0) is 19.8. The number of alkyl carbamates (subject to hydrolysis) is 1. The van der Waals surface area contributed by atoms with E-state index in [-0.39, 0.29) is 11.4 Å². The van der Waals surface area contributed by atoms with Gasteiger partial charge in [-0.05, 0) is 18.3 Å². The van der Waals surface area contributed by atoms with Crippen LogP contribution >= 0.6 is 0 Å². The molecule has 0 aliphatic rings. The maximum atomic E-state index is 12.2. The largest absolute Gasteiger partial charge is 0.464 e. The summed E-state index contributed by atoms with van der Waals surface area (Å²) in [5, 5.41) is 2.64. The van der Waals surface area contributed by atoms with Crippen molar-refractivity contribution >= 4 is 12.1 Å². The molecule has 0 bridgehead atoms. The Morgan fingerprint density at radius 1 is 0.846 bits per heavy atom. The topological polar surface area (TPSA) is 64.6 Å². The van der Waals surface area contributed by atoms with E-state index in [4.69, 9.17) is 9.47 Å². The first-order valence-electron chi connectivity index (χ1n) is 10.4. The Balaban J connectivity index is 3.95. The number of unbranched alkanes of at least 4 members (excludes halogenated alkanes) is 7. The first-order chi connectivity index (χ1) is 12.3. The molecule has 0 aliphatic carbocycles. The molecule has 0 saturated carbocycles. The van der Waals surface area contributed by atoms with Gasteiger partial charge in [-0.2, -0.15) is 0 Å². The highest BCUT2D eigenvalue weighted by Crippen LogP contribution is 2.13. The predicted octanol–water partition coefficient (Wildman–Crippen LogP) is 5.61. The Labute approximate surface area is 160 Å². The van der Waals surface area contributed by atoms with Gasteiger partial charge in [-0.15, -0.1) is 0 Å². The van der Waals surface area contributed by atoms with Gasteiger partial charge in [0, 0.05) is 0 Å². The summed E-state index contributed by atoms with van der Waals surface area (Å²) in [5.41, 5.74) is -0.103. The summed E-state index contributed by atoms with van der Waals surface area (Å²) in [6.07, 6.45) is 10.4. The second-order valence-corrected chi connectivity index (χ2v) is 8.26. The standard InChI is InChI=1S/C21H41NO4/c1-6-8-9-10-11-12-13-14-16-25-19(23)18(15-7-2)22-20(24)26-17-21(3,4)5/h18H,6-17H2,1-5H3,(H,22,24). The molecule has 0 aliphatic heterocycles. The average molecular weight is 372 g/mol. The van der Waals surface area contributed by atoms with Gasteiger partial charge in [0.15, 0.2) is 0 Å². The Hall–Kier alpha value is -1.26. The first-order valence-corrected chi connectivity index (χ1v) is 10.4. The third-order valence-electron chi connectivity index (χ3n) is 4.03. The molecule has 1 atom stereocenters. The molecule has 0 rings (SSSR count). The van der Waals surface area contributed by atoms with E-state index in [1.54, 1.807) is 0 Å². The molecule has 0 aromatic heterocycles. The Bertz CT molecular complexity index is 377. The van der Waals surface area contributed by atoms with Crippen molar-refractivity contribution in [3.63, 3.8) is 0 Å². The second-order valence-electron chi connectivity index (χ2n) is 8.26. The summed E-state index contributed by atoms with van der Waals surface area (Å²) in [4.78, 5) is 24.0. The number of hydrogen-bond donors (Lipinski definition) is 1. The molecule has 0 aromatic rings. The van der Waals surface area contributed by atoms with Gasteiger partial charge in [-0.25, -0.2) is 9.59 Å². The minimum absolute atomic E-state index is 0.103. The van der Waals surface area contributed by atoms with Crippen LogP contribution in [-0.4, -0.2) is 31.3 Å². The molecule has 0 spiro atoms. The van der Waals surface area contributed by atoms with Crippen LogP contribution in [-0.2, 0) is 14.3 Å². The highest BCUT2D eigenvalue weighted by molar-refractivity contribution is 5.81. The third-order valence-corrected chi connectivity index (χ3v) is 4.03. The Kier molecular flexibility index (Phi) is 14.1. The van der Waals surface area contributed by atoms with Gasteiger partial charge in [-0.1, -0.05) is 86.0 Å². The van der Waals surface area contributed by atoms with Crippen molar-refractivity contribution in [1.29, 1.82) is 0 Å². The zero-order valence-corrected chi connectivity index (χ0v) is 17.7. The van der Waals surface area contributed by atoms with Gasteiger partial charge in [0.1, 0.15) is 6.04 Å². The Morgan fingerprint density at radius 3 is 1.96 bits per heavy atom. The SMILES string of the molecule is CCCCCCCCCCOC(=O)C(CCC)NC(=O)OCC(C)(C)C. The van der Waals surface area contributed by atoms with Crippen LogP contribution in [0.1, 0.15) is 98.8 Å². The number of carbonyl (C=O) groups excluding carboxylic acids is 2. The molecule has 154 valence electrons. The van der Waals surface area contributed by atoms with Gasteiger partial charge in [0.05, 0.1) is 13.2 Å². The summed E-state index contributed by atoms with van der Waals surface area (Å²) in [7, 11) is 0. The van der Waals surface area contributed by atoms with Crippen LogP contribution in [0.15, 0.2) is 0 Å². The molecule has 0 fully saturated rings. The van der Waals surface area contributed by atoms with Crippen LogP contribution in [0.25, 0.3) is 0 Å². The molecule has 0 saturated heterocycles. The zero-order valence-electron chi connectivity index (χ0n) is 17.7. The summed E-state index contributed by atoms with van der Waals surface area (Å²) in [6, 6.07) is -0.624. The molecule has 0 heterocycles. The molecule has 0 radical (unpaired) electrons. The smallest absolute Gasteiger partial charge is 0.407 e. The number of carbonyl (C=O) groups is 2. The molecular formula is C21H41NO4. The van der Waals surface area contributed by atoms with Gasteiger partial charge in [0.25, 0.3) is 0 Å². The van der Waals surface area contributed by atoms with Crippen molar-refractivity contribution in [3.8, 4) is 0 Å². The number of hydrogen-bond acceptors (Lipinski definition) is 4. The van der Waals surface area contributed by atoms with Crippen molar-refractivity contribution in [2.45, 2.75) is 105 Å². The molecule has 5 nitrogen and oxygen atoms in total. The number of esters is 1. The van der Waals surface area contributed by atoms with Crippen LogP contribution in [0.2, 0.25) is 0 Å². The molecule has 5 heteroatoms. The quantitative estimate of drug-likeness (QED) is 0.318. The lowest BCUT2D eigenvalue weighted by molar-refractivity contribution is -0.146. The fourth-order valence-electron chi connectivity index (χ4n) is 2.51. The fourth-order valence-corrected chi connectivity index (χ4v) is 2.51. The van der Waals surface area contributed by atoms with Gasteiger partial charge < -0.3 is 14.8 Å². The van der Waals surface area contributed by atoms with Crippen molar-refractivity contribution in [2.24, 2.45) is 5.41 Å². The molecule has 1 unspecified atom stereocenters. The highest BCUT2D eigenvalue weighted by atomic mass is 16.6. The van der Waals surface area contributed by atoms with Crippen LogP contribution < -0.4 is 5.32 Å². The van der Waals surface area contributed by atoms with Crippen molar-refractivity contribution < 1.29 is 19.1 Å². The number of ether oxygens (including phenoxy) is 2. The lowest BCUT2D eigenvalue weighted by Gasteiger charge is -2.20. The van der Waals surface area contributed by atoms with Crippen LogP contribution in [0.3, 0.4) is 0 Å². The maximum absolute atomic E-state index is 12.2. The van der Waals surface area contributed by atoms with Crippen molar-refractivity contribution in [1.82, 2.24) is 5.32 Å². The Morgan fingerprint density at radius 2 is 1.42 bits per heavy atom. The van der Waals surface area contributed by atoms with Gasteiger partial charge >= 0.3 is 12.1 Å². The van der Waals surface area contributed by atoms with E-state index >= 15 is 0 Å². The lowest BCUT2D eigenvalue weighted by atomic mass is 9.99. The van der Waals surface area contributed by atoms with Crippen LogP contribution in [0.5, 0.6) is 0 Å². The molecule has 0 aromatic carbocycles. The fraction of sp³-hybridized carbons (Fsp3) is 0.905. The van der Waals surface area contributed by atoms with E-state index in [0.29, 0.717) is 19.6 Å². The third kappa shape index (κ3) is 15.0.